The molecule has 0 bridgehead atoms. The topological polar surface area (TPSA) is 37.4 Å². The van der Waals surface area contributed by atoms with Gasteiger partial charge in [-0.1, -0.05) is 42.5 Å². The summed E-state index contributed by atoms with van der Waals surface area (Å²) in [6.07, 6.45) is -4.62. The molecule has 6 heteroatoms. The number of hydrogen-bond acceptors (Lipinski definition) is 2. The summed E-state index contributed by atoms with van der Waals surface area (Å²) in [5, 5.41) is 0. The molecule has 0 saturated carbocycles. The number of carbonyl (C=O) groups excluding carboxylic acids is 2. The van der Waals surface area contributed by atoms with Gasteiger partial charge in [-0.25, -0.2) is 0 Å². The first-order valence-corrected chi connectivity index (χ1v) is 8.44. The van der Waals surface area contributed by atoms with Crippen LogP contribution in [0.15, 0.2) is 54.6 Å². The van der Waals surface area contributed by atoms with Crippen molar-refractivity contribution in [3.8, 4) is 0 Å². The molecule has 2 amide bonds. The minimum absolute atomic E-state index is 0.119. The summed E-state index contributed by atoms with van der Waals surface area (Å²) in [6.45, 7) is 0.119. The lowest BCUT2D eigenvalue weighted by atomic mass is 9.91. The van der Waals surface area contributed by atoms with Gasteiger partial charge in [-0.15, -0.1) is 0 Å². The molecule has 1 aliphatic rings. The van der Waals surface area contributed by atoms with E-state index < -0.39 is 18.5 Å². The number of carbonyl (C=O) groups is 2. The van der Waals surface area contributed by atoms with Crippen molar-refractivity contribution in [3.05, 3.63) is 71.3 Å². The summed E-state index contributed by atoms with van der Waals surface area (Å²) in [4.78, 5) is 25.7. The third-order valence-corrected chi connectivity index (χ3v) is 4.56. The van der Waals surface area contributed by atoms with Crippen LogP contribution in [0.2, 0.25) is 0 Å². The first-order valence-electron chi connectivity index (χ1n) is 8.44. The van der Waals surface area contributed by atoms with Crippen molar-refractivity contribution >= 4 is 11.8 Å². The van der Waals surface area contributed by atoms with E-state index >= 15 is 0 Å². The van der Waals surface area contributed by atoms with Gasteiger partial charge in [-0.05, 0) is 36.5 Å². The van der Waals surface area contributed by atoms with Gasteiger partial charge in [0.15, 0.2) is 0 Å². The number of rotatable bonds is 6. The normalized spacial score (nSPS) is 15.3. The molecule has 1 heterocycles. The van der Waals surface area contributed by atoms with Crippen LogP contribution < -0.4 is 0 Å². The molecule has 0 aromatic heterocycles. The highest BCUT2D eigenvalue weighted by molar-refractivity contribution is 6.21. The number of amides is 2. The molecule has 1 aliphatic heterocycles. The maximum absolute atomic E-state index is 12.9. The van der Waals surface area contributed by atoms with Gasteiger partial charge < -0.3 is 0 Å². The average molecular weight is 361 g/mol. The van der Waals surface area contributed by atoms with Gasteiger partial charge in [-0.3, -0.25) is 14.5 Å². The first kappa shape index (κ1) is 18.2. The second-order valence-corrected chi connectivity index (χ2v) is 6.38. The lowest BCUT2D eigenvalue weighted by Crippen LogP contribution is -2.31. The van der Waals surface area contributed by atoms with Crippen molar-refractivity contribution in [2.75, 3.05) is 6.54 Å². The van der Waals surface area contributed by atoms with E-state index in [-0.39, 0.29) is 24.8 Å². The smallest absolute Gasteiger partial charge is 0.274 e. The highest BCUT2D eigenvalue weighted by Crippen LogP contribution is 2.34. The highest BCUT2D eigenvalue weighted by atomic mass is 19.4. The van der Waals surface area contributed by atoms with Crippen molar-refractivity contribution < 1.29 is 22.8 Å². The molecule has 26 heavy (non-hydrogen) atoms. The summed E-state index contributed by atoms with van der Waals surface area (Å²) in [5.74, 6) is -1.44. The zero-order valence-electron chi connectivity index (χ0n) is 14.0. The molecule has 0 aliphatic carbocycles. The van der Waals surface area contributed by atoms with E-state index in [9.17, 15) is 22.8 Å². The van der Waals surface area contributed by atoms with Crippen molar-refractivity contribution in [2.24, 2.45) is 0 Å². The Morgan fingerprint density at radius 3 is 1.92 bits per heavy atom. The van der Waals surface area contributed by atoms with Gasteiger partial charge in [0, 0.05) is 6.54 Å². The summed E-state index contributed by atoms with van der Waals surface area (Å²) in [6, 6.07) is 15.1. The van der Waals surface area contributed by atoms with Crippen LogP contribution in [-0.2, 0) is 0 Å². The van der Waals surface area contributed by atoms with Crippen molar-refractivity contribution in [1.29, 1.82) is 0 Å². The Bertz CT molecular complexity index is 767. The molecule has 3 nitrogen and oxygen atoms in total. The third-order valence-electron chi connectivity index (χ3n) is 4.56. The fourth-order valence-electron chi connectivity index (χ4n) is 3.33. The van der Waals surface area contributed by atoms with E-state index in [1.807, 2.05) is 0 Å². The van der Waals surface area contributed by atoms with Gasteiger partial charge >= 0.3 is 6.18 Å². The van der Waals surface area contributed by atoms with Gasteiger partial charge in [-0.2, -0.15) is 13.2 Å². The molecule has 0 N–H and O–H groups in total. The van der Waals surface area contributed by atoms with E-state index in [2.05, 4.69) is 0 Å². The van der Waals surface area contributed by atoms with E-state index in [0.29, 0.717) is 23.1 Å². The van der Waals surface area contributed by atoms with Gasteiger partial charge in [0.25, 0.3) is 11.8 Å². The summed E-state index contributed by atoms with van der Waals surface area (Å²) >= 11 is 0. The first-order chi connectivity index (χ1) is 12.4. The Morgan fingerprint density at radius 2 is 1.38 bits per heavy atom. The molecule has 0 saturated heterocycles. The predicted molar refractivity (Wildman–Crippen MR) is 90.9 cm³/mol. The molecule has 0 spiro atoms. The molecular weight excluding hydrogens is 343 g/mol. The van der Waals surface area contributed by atoms with Crippen molar-refractivity contribution in [1.82, 2.24) is 4.90 Å². The van der Waals surface area contributed by atoms with Crippen LogP contribution in [0.25, 0.3) is 0 Å². The van der Waals surface area contributed by atoms with Gasteiger partial charge in [0.1, 0.15) is 0 Å². The van der Waals surface area contributed by atoms with Crippen LogP contribution in [0.5, 0.6) is 0 Å². The van der Waals surface area contributed by atoms with Crippen LogP contribution >= 0.6 is 0 Å². The van der Waals surface area contributed by atoms with Gasteiger partial charge in [0.05, 0.1) is 17.5 Å². The molecule has 0 radical (unpaired) electrons. The number of nitrogens with zero attached hydrogens (tertiary/aromatic N) is 1. The number of imide groups is 1. The molecule has 0 fully saturated rings. The Morgan fingerprint density at radius 1 is 0.846 bits per heavy atom. The van der Waals surface area contributed by atoms with E-state index in [4.69, 9.17) is 0 Å². The lowest BCUT2D eigenvalue weighted by Gasteiger charge is -2.21. The highest BCUT2D eigenvalue weighted by Gasteiger charge is 2.36. The number of alkyl halides is 3. The second kappa shape index (κ2) is 7.32. The minimum Gasteiger partial charge on any atom is -0.274 e. The van der Waals surface area contributed by atoms with Gasteiger partial charge in [0.2, 0.25) is 0 Å². The standard InChI is InChI=1S/C20H18F3NO2/c21-20(22,23)13-15(14-7-2-1-3-8-14)9-6-12-24-18(25)16-10-4-5-11-17(16)19(24)26/h1-5,7-8,10-11,15H,6,9,12-13H2. The molecule has 1 unspecified atom stereocenters. The van der Waals surface area contributed by atoms with Crippen LogP contribution in [0, 0.1) is 0 Å². The van der Waals surface area contributed by atoms with Crippen molar-refractivity contribution in [2.45, 2.75) is 31.4 Å². The monoisotopic (exact) mass is 361 g/mol. The average Bonchev–Trinajstić information content (AvgIpc) is 2.86. The van der Waals surface area contributed by atoms with Crippen LogP contribution in [-0.4, -0.2) is 29.4 Å². The Balaban J connectivity index is 1.65. The Hall–Kier alpha value is -2.63. The maximum atomic E-state index is 12.9. The molecule has 1 atom stereocenters. The Kier molecular flexibility index (Phi) is 5.11. The maximum Gasteiger partial charge on any atom is 0.389 e. The largest absolute Gasteiger partial charge is 0.389 e. The zero-order valence-corrected chi connectivity index (χ0v) is 14.0. The number of fused-ring (bicyclic) bond motifs is 1. The minimum atomic E-state index is -4.27. The van der Waals surface area contributed by atoms with Crippen molar-refractivity contribution in [3.63, 3.8) is 0 Å². The Labute approximate surface area is 149 Å². The number of benzene rings is 2. The zero-order chi connectivity index (χ0) is 18.7. The summed E-state index contributed by atoms with van der Waals surface area (Å²) in [5.41, 5.74) is 1.33. The number of halogens is 3. The van der Waals surface area contributed by atoms with E-state index in [0.717, 1.165) is 4.90 Å². The molecular formula is C20H18F3NO2. The van der Waals surface area contributed by atoms with Crippen LogP contribution in [0.3, 0.4) is 0 Å². The number of hydrogen-bond donors (Lipinski definition) is 0. The van der Waals surface area contributed by atoms with E-state index in [1.54, 1.807) is 54.6 Å². The van der Waals surface area contributed by atoms with Crippen LogP contribution in [0.4, 0.5) is 13.2 Å². The molecule has 3 rings (SSSR count). The SMILES string of the molecule is O=C1c2ccccc2C(=O)N1CCCC(CC(F)(F)F)c1ccccc1. The van der Waals surface area contributed by atoms with Crippen LogP contribution in [0.1, 0.15) is 51.5 Å². The van der Waals surface area contributed by atoms with E-state index in [1.165, 1.54) is 0 Å². The second-order valence-electron chi connectivity index (χ2n) is 6.38. The molecule has 2 aromatic carbocycles. The lowest BCUT2D eigenvalue weighted by molar-refractivity contribution is -0.139. The fraction of sp³-hybridized carbons (Fsp3) is 0.300. The quantitative estimate of drug-likeness (QED) is 0.693. The molecule has 136 valence electrons. The predicted octanol–water partition coefficient (Wildman–Crippen LogP) is 4.80. The fourth-order valence-corrected chi connectivity index (χ4v) is 3.33. The summed E-state index contributed by atoms with van der Waals surface area (Å²) < 4.78 is 38.7. The third kappa shape index (κ3) is 3.95. The molecule has 2 aromatic rings. The summed E-state index contributed by atoms with van der Waals surface area (Å²) in [7, 11) is 0.